The van der Waals surface area contributed by atoms with E-state index in [2.05, 4.69) is 9.97 Å². The Morgan fingerprint density at radius 1 is 1.00 bits per heavy atom. The van der Waals surface area contributed by atoms with Crippen molar-refractivity contribution in [2.24, 2.45) is 0 Å². The molecule has 0 N–H and O–H groups in total. The number of aromatic nitrogens is 3. The second-order valence-electron chi connectivity index (χ2n) is 5.97. The maximum atomic E-state index is 14.1. The zero-order valence-corrected chi connectivity index (χ0v) is 14.2. The van der Waals surface area contributed by atoms with Crippen LogP contribution in [0.4, 0.5) is 8.78 Å². The summed E-state index contributed by atoms with van der Waals surface area (Å²) in [7, 11) is 1.22. The summed E-state index contributed by atoms with van der Waals surface area (Å²) in [6.07, 6.45) is 5.18. The van der Waals surface area contributed by atoms with Gasteiger partial charge in [0.05, 0.1) is 12.8 Å². The monoisotopic (exact) mass is 351 g/mol. The number of hydrogen-bond acceptors (Lipinski definition) is 3. The number of hydrogen-bond donors (Lipinski definition) is 0. The van der Waals surface area contributed by atoms with Gasteiger partial charge in [-0.15, -0.1) is 0 Å². The number of nitrogens with zero attached hydrogens (tertiary/aromatic N) is 3. The molecule has 0 radical (unpaired) electrons. The van der Waals surface area contributed by atoms with E-state index in [9.17, 15) is 8.78 Å². The standard InChI is InChI=1S/C20H15F2N3O/c1-12-3-5-13(6-4-12)17-11-25-8-7-23-18(20(25)24-17)14-9-15(21)19(26-2)16(22)10-14/h3-11H,1-2H3. The molecule has 2 heterocycles. The van der Waals surface area contributed by atoms with Crippen LogP contribution < -0.4 is 4.74 Å². The summed E-state index contributed by atoms with van der Waals surface area (Å²) in [5, 5.41) is 0. The molecule has 0 aliphatic rings. The molecule has 0 aliphatic carbocycles. The molecular formula is C20H15F2N3O. The average molecular weight is 351 g/mol. The largest absolute Gasteiger partial charge is 0.491 e. The summed E-state index contributed by atoms with van der Waals surface area (Å²) in [5.41, 5.74) is 4.08. The van der Waals surface area contributed by atoms with Gasteiger partial charge in [0.25, 0.3) is 0 Å². The summed E-state index contributed by atoms with van der Waals surface area (Å²) >= 11 is 0. The van der Waals surface area contributed by atoms with Crippen molar-refractivity contribution < 1.29 is 13.5 Å². The van der Waals surface area contributed by atoms with Crippen LogP contribution in [0.25, 0.3) is 28.2 Å². The van der Waals surface area contributed by atoms with Crippen LogP contribution in [-0.2, 0) is 0 Å². The number of methoxy groups -OCH3 is 1. The number of halogens is 2. The van der Waals surface area contributed by atoms with Crippen molar-refractivity contribution in [3.05, 3.63) is 72.2 Å². The van der Waals surface area contributed by atoms with E-state index in [-0.39, 0.29) is 0 Å². The Bertz CT molecular complexity index is 1080. The molecule has 0 atom stereocenters. The number of rotatable bonds is 3. The molecule has 2 aromatic heterocycles. The predicted molar refractivity (Wildman–Crippen MR) is 95.1 cm³/mol. The molecular weight excluding hydrogens is 336 g/mol. The molecule has 0 unspecified atom stereocenters. The van der Waals surface area contributed by atoms with Gasteiger partial charge < -0.3 is 9.14 Å². The molecule has 0 aliphatic heterocycles. The minimum Gasteiger partial charge on any atom is -0.491 e. The van der Waals surface area contributed by atoms with Crippen molar-refractivity contribution >= 4 is 5.65 Å². The van der Waals surface area contributed by atoms with E-state index in [4.69, 9.17) is 4.74 Å². The average Bonchev–Trinajstić information content (AvgIpc) is 3.06. The van der Waals surface area contributed by atoms with Crippen LogP contribution in [0.3, 0.4) is 0 Å². The molecule has 0 saturated carbocycles. The molecule has 4 rings (SSSR count). The molecule has 0 bridgehead atoms. The Kier molecular flexibility index (Phi) is 3.88. The predicted octanol–water partition coefficient (Wildman–Crippen LogP) is 4.66. The number of ether oxygens (including phenoxy) is 1. The van der Waals surface area contributed by atoms with Crippen LogP contribution in [0.15, 0.2) is 55.0 Å². The summed E-state index contributed by atoms with van der Waals surface area (Å²) < 4.78 is 34.7. The van der Waals surface area contributed by atoms with Crippen molar-refractivity contribution in [3.8, 4) is 28.3 Å². The third-order valence-electron chi connectivity index (χ3n) is 4.20. The van der Waals surface area contributed by atoms with Gasteiger partial charge in [0.1, 0.15) is 5.69 Å². The third-order valence-corrected chi connectivity index (χ3v) is 4.20. The van der Waals surface area contributed by atoms with Gasteiger partial charge in [0.15, 0.2) is 23.0 Å². The Morgan fingerprint density at radius 3 is 2.35 bits per heavy atom. The lowest BCUT2D eigenvalue weighted by Crippen LogP contribution is -1.96. The lowest BCUT2D eigenvalue weighted by atomic mass is 10.1. The fourth-order valence-corrected chi connectivity index (χ4v) is 2.88. The van der Waals surface area contributed by atoms with E-state index in [0.717, 1.165) is 16.8 Å². The number of imidazole rings is 1. The first-order valence-electron chi connectivity index (χ1n) is 8.01. The molecule has 26 heavy (non-hydrogen) atoms. The van der Waals surface area contributed by atoms with Crippen LogP contribution in [0.1, 0.15) is 5.56 Å². The maximum Gasteiger partial charge on any atom is 0.190 e. The SMILES string of the molecule is COc1c(F)cc(-c2nccn3cc(-c4ccc(C)cc4)nc23)cc1F. The second-order valence-corrected chi connectivity index (χ2v) is 5.97. The van der Waals surface area contributed by atoms with Crippen molar-refractivity contribution in [1.29, 1.82) is 0 Å². The van der Waals surface area contributed by atoms with Gasteiger partial charge in [-0.05, 0) is 19.1 Å². The van der Waals surface area contributed by atoms with E-state index in [0.29, 0.717) is 16.9 Å². The highest BCUT2D eigenvalue weighted by Gasteiger charge is 2.16. The Hall–Kier alpha value is -3.28. The van der Waals surface area contributed by atoms with Crippen molar-refractivity contribution in [2.75, 3.05) is 7.11 Å². The minimum absolute atomic E-state index is 0.299. The topological polar surface area (TPSA) is 39.4 Å². The first-order chi connectivity index (χ1) is 12.6. The van der Waals surface area contributed by atoms with Crippen molar-refractivity contribution in [2.45, 2.75) is 6.92 Å². The van der Waals surface area contributed by atoms with E-state index < -0.39 is 17.4 Å². The van der Waals surface area contributed by atoms with Crippen LogP contribution in [-0.4, -0.2) is 21.5 Å². The molecule has 4 aromatic rings. The summed E-state index contributed by atoms with van der Waals surface area (Å²) in [6.45, 7) is 2.02. The van der Waals surface area contributed by atoms with Gasteiger partial charge >= 0.3 is 0 Å². The molecule has 2 aromatic carbocycles. The number of aryl methyl sites for hydroxylation is 1. The third kappa shape index (κ3) is 2.69. The van der Waals surface area contributed by atoms with Crippen LogP contribution in [0.5, 0.6) is 5.75 Å². The fraction of sp³-hybridized carbons (Fsp3) is 0.100. The summed E-state index contributed by atoms with van der Waals surface area (Å²) in [4.78, 5) is 8.89. The van der Waals surface area contributed by atoms with Crippen LogP contribution >= 0.6 is 0 Å². The van der Waals surface area contributed by atoms with Crippen molar-refractivity contribution in [3.63, 3.8) is 0 Å². The van der Waals surface area contributed by atoms with E-state index >= 15 is 0 Å². The van der Waals surface area contributed by atoms with Gasteiger partial charge in [0.2, 0.25) is 0 Å². The zero-order chi connectivity index (χ0) is 18.3. The highest BCUT2D eigenvalue weighted by Crippen LogP contribution is 2.30. The lowest BCUT2D eigenvalue weighted by molar-refractivity contribution is 0.360. The Morgan fingerprint density at radius 2 is 1.69 bits per heavy atom. The van der Waals surface area contributed by atoms with Crippen molar-refractivity contribution in [1.82, 2.24) is 14.4 Å². The van der Waals surface area contributed by atoms with Crippen LogP contribution in [0, 0.1) is 18.6 Å². The molecule has 0 saturated heterocycles. The van der Waals surface area contributed by atoms with Gasteiger partial charge in [-0.2, -0.15) is 0 Å². The highest BCUT2D eigenvalue weighted by molar-refractivity contribution is 5.77. The van der Waals surface area contributed by atoms with Gasteiger partial charge in [-0.3, -0.25) is 4.98 Å². The minimum atomic E-state index is -0.781. The Balaban J connectivity index is 1.88. The van der Waals surface area contributed by atoms with Gasteiger partial charge in [-0.25, -0.2) is 13.8 Å². The molecule has 0 spiro atoms. The quantitative estimate of drug-likeness (QED) is 0.539. The fourth-order valence-electron chi connectivity index (χ4n) is 2.88. The first-order valence-corrected chi connectivity index (χ1v) is 8.01. The van der Waals surface area contributed by atoms with E-state index in [1.807, 2.05) is 37.4 Å². The molecule has 6 heteroatoms. The smallest absolute Gasteiger partial charge is 0.190 e. The molecule has 0 fully saturated rings. The second kappa shape index (κ2) is 6.22. The van der Waals surface area contributed by atoms with E-state index in [1.54, 1.807) is 16.8 Å². The lowest BCUT2D eigenvalue weighted by Gasteiger charge is -2.07. The van der Waals surface area contributed by atoms with Crippen LogP contribution in [0.2, 0.25) is 0 Å². The molecule has 0 amide bonds. The molecule has 130 valence electrons. The first kappa shape index (κ1) is 16.2. The van der Waals surface area contributed by atoms with Gasteiger partial charge in [0, 0.05) is 29.7 Å². The number of benzene rings is 2. The Labute approximate surface area is 148 Å². The summed E-state index contributed by atoms with van der Waals surface area (Å²) in [5.74, 6) is -1.97. The highest BCUT2D eigenvalue weighted by atomic mass is 19.1. The maximum absolute atomic E-state index is 14.1. The number of fused-ring (bicyclic) bond motifs is 1. The molecule has 4 nitrogen and oxygen atoms in total. The zero-order valence-electron chi connectivity index (χ0n) is 14.2. The van der Waals surface area contributed by atoms with Gasteiger partial charge in [-0.1, -0.05) is 29.8 Å². The van der Waals surface area contributed by atoms with E-state index in [1.165, 1.54) is 19.2 Å². The summed E-state index contributed by atoms with van der Waals surface area (Å²) in [6, 6.07) is 10.4. The normalized spacial score (nSPS) is 11.1.